The molecule has 0 N–H and O–H groups in total. The minimum absolute atomic E-state index is 0.381. The molecule has 0 saturated carbocycles. The van der Waals surface area contributed by atoms with Gasteiger partial charge in [-0.2, -0.15) is 0 Å². The van der Waals surface area contributed by atoms with Crippen molar-refractivity contribution in [3.8, 4) is 0 Å². The third-order valence-corrected chi connectivity index (χ3v) is 5.67. The van der Waals surface area contributed by atoms with Gasteiger partial charge in [0.15, 0.2) is 0 Å². The van der Waals surface area contributed by atoms with Gasteiger partial charge in [-0.15, -0.1) is 0 Å². The van der Waals surface area contributed by atoms with Gasteiger partial charge in [0.2, 0.25) is 0 Å². The molecule has 0 saturated heterocycles. The zero-order valence-electron chi connectivity index (χ0n) is 10.3. The third kappa shape index (κ3) is 2.20. The van der Waals surface area contributed by atoms with E-state index in [0.29, 0.717) is 15.0 Å². The van der Waals surface area contributed by atoms with Crippen LogP contribution in [0.1, 0.15) is 5.56 Å². The van der Waals surface area contributed by atoms with Crippen LogP contribution in [0, 0.1) is 6.92 Å². The molecule has 3 aromatic rings. The molecule has 0 fully saturated rings. The number of rotatable bonds is 2. The molecule has 0 spiro atoms. The van der Waals surface area contributed by atoms with Gasteiger partial charge < -0.3 is 0 Å². The van der Waals surface area contributed by atoms with Crippen molar-refractivity contribution in [2.24, 2.45) is 0 Å². The van der Waals surface area contributed by atoms with Gasteiger partial charge in [-0.1, -0.05) is 0 Å². The predicted octanol–water partition coefficient (Wildman–Crippen LogP) is 2.80. The van der Waals surface area contributed by atoms with Crippen molar-refractivity contribution in [3.63, 3.8) is 0 Å². The number of hydrogen-bond acceptors (Lipinski definition) is 0. The van der Waals surface area contributed by atoms with Gasteiger partial charge in [0.05, 0.1) is 0 Å². The van der Waals surface area contributed by atoms with Crippen molar-refractivity contribution in [1.29, 1.82) is 0 Å². The Hall–Kier alpha value is -1.56. The topological polar surface area (TPSA) is 0 Å². The molecular formula is C17H14Se. The molecular weight excluding hydrogens is 283 g/mol. The first-order valence-corrected chi connectivity index (χ1v) is 7.77. The molecule has 0 radical (unpaired) electrons. The first-order chi connectivity index (χ1) is 8.84. The van der Waals surface area contributed by atoms with Gasteiger partial charge in [-0.25, -0.2) is 0 Å². The summed E-state index contributed by atoms with van der Waals surface area (Å²) in [7, 11) is 0. The van der Waals surface area contributed by atoms with Gasteiger partial charge in [-0.05, 0) is 0 Å². The predicted molar refractivity (Wildman–Crippen MR) is 80.1 cm³/mol. The molecule has 0 atom stereocenters. The van der Waals surface area contributed by atoms with Gasteiger partial charge in [0.1, 0.15) is 0 Å². The molecule has 0 nitrogen and oxygen atoms in total. The standard InChI is InChI=1S/C17H14Se/c1-13-11-12-14-7-5-6-10-16(14)17(13)18-15-8-3-2-4-9-15/h2-12H,1H3. The summed E-state index contributed by atoms with van der Waals surface area (Å²) >= 11 is 0.381. The summed E-state index contributed by atoms with van der Waals surface area (Å²) in [5, 5.41) is 2.75. The maximum absolute atomic E-state index is 2.24. The van der Waals surface area contributed by atoms with Crippen LogP contribution in [-0.2, 0) is 0 Å². The number of benzene rings is 3. The Kier molecular flexibility index (Phi) is 3.18. The number of hydrogen-bond donors (Lipinski definition) is 0. The zero-order valence-corrected chi connectivity index (χ0v) is 12.0. The summed E-state index contributed by atoms with van der Waals surface area (Å²) in [4.78, 5) is 0. The van der Waals surface area contributed by atoms with E-state index in [1.54, 1.807) is 0 Å². The molecule has 0 aliphatic carbocycles. The minimum atomic E-state index is 0.381. The SMILES string of the molecule is Cc1ccc2ccccc2c1[Se]c1ccccc1. The fraction of sp³-hybridized carbons (Fsp3) is 0.0588. The van der Waals surface area contributed by atoms with Crippen LogP contribution in [0.15, 0.2) is 66.7 Å². The van der Waals surface area contributed by atoms with Crippen molar-refractivity contribution >= 4 is 34.7 Å². The second-order valence-electron chi connectivity index (χ2n) is 4.35. The summed E-state index contributed by atoms with van der Waals surface area (Å²) in [6.45, 7) is 2.21. The number of fused-ring (bicyclic) bond motifs is 1. The van der Waals surface area contributed by atoms with Gasteiger partial charge in [0, 0.05) is 0 Å². The van der Waals surface area contributed by atoms with E-state index >= 15 is 0 Å². The van der Waals surface area contributed by atoms with Crippen LogP contribution >= 0.6 is 0 Å². The summed E-state index contributed by atoms with van der Waals surface area (Å²) < 4.78 is 2.94. The molecule has 88 valence electrons. The second kappa shape index (κ2) is 4.97. The van der Waals surface area contributed by atoms with Crippen LogP contribution in [0.25, 0.3) is 10.8 Å². The summed E-state index contributed by atoms with van der Waals surface area (Å²) in [6, 6.07) is 23.9. The molecule has 0 aliphatic rings. The van der Waals surface area contributed by atoms with E-state index in [-0.39, 0.29) is 0 Å². The number of aryl methyl sites for hydroxylation is 1. The Morgan fingerprint density at radius 1 is 0.722 bits per heavy atom. The summed E-state index contributed by atoms with van der Waals surface area (Å²) in [5.74, 6) is 0. The quantitative estimate of drug-likeness (QED) is 0.638. The van der Waals surface area contributed by atoms with E-state index in [9.17, 15) is 0 Å². The van der Waals surface area contributed by atoms with E-state index in [4.69, 9.17) is 0 Å². The zero-order chi connectivity index (χ0) is 12.4. The molecule has 0 heterocycles. The van der Waals surface area contributed by atoms with Crippen LogP contribution in [0.5, 0.6) is 0 Å². The van der Waals surface area contributed by atoms with E-state index in [2.05, 4.69) is 73.7 Å². The fourth-order valence-corrected chi connectivity index (χ4v) is 4.30. The molecule has 0 bridgehead atoms. The van der Waals surface area contributed by atoms with E-state index < -0.39 is 0 Å². The first-order valence-electron chi connectivity index (χ1n) is 6.06. The van der Waals surface area contributed by atoms with E-state index in [1.807, 2.05) is 0 Å². The van der Waals surface area contributed by atoms with Crippen molar-refractivity contribution in [1.82, 2.24) is 0 Å². The Morgan fingerprint density at radius 2 is 1.44 bits per heavy atom. The van der Waals surface area contributed by atoms with Crippen molar-refractivity contribution in [2.45, 2.75) is 6.92 Å². The molecule has 0 amide bonds. The van der Waals surface area contributed by atoms with Crippen LogP contribution < -0.4 is 8.92 Å². The molecule has 18 heavy (non-hydrogen) atoms. The Balaban J connectivity index is 2.13. The molecule has 0 aliphatic heterocycles. The normalized spacial score (nSPS) is 10.7. The van der Waals surface area contributed by atoms with Gasteiger partial charge >= 0.3 is 114 Å². The Morgan fingerprint density at radius 3 is 2.28 bits per heavy atom. The molecule has 3 aromatic carbocycles. The molecule has 0 aromatic heterocycles. The average molecular weight is 297 g/mol. The monoisotopic (exact) mass is 298 g/mol. The third-order valence-electron chi connectivity index (χ3n) is 3.04. The van der Waals surface area contributed by atoms with Crippen molar-refractivity contribution < 1.29 is 0 Å². The van der Waals surface area contributed by atoms with E-state index in [1.165, 1.54) is 25.3 Å². The van der Waals surface area contributed by atoms with E-state index in [0.717, 1.165) is 0 Å². The van der Waals surface area contributed by atoms with Crippen LogP contribution in [0.4, 0.5) is 0 Å². The van der Waals surface area contributed by atoms with Crippen LogP contribution in [0.3, 0.4) is 0 Å². The fourth-order valence-electron chi connectivity index (χ4n) is 2.09. The molecule has 3 rings (SSSR count). The summed E-state index contributed by atoms with van der Waals surface area (Å²) in [6.07, 6.45) is 0. The first kappa shape index (κ1) is 11.5. The molecule has 0 unspecified atom stereocenters. The molecule has 1 heteroatoms. The van der Waals surface area contributed by atoms with Crippen LogP contribution in [-0.4, -0.2) is 15.0 Å². The maximum atomic E-state index is 2.24. The summed E-state index contributed by atoms with van der Waals surface area (Å²) in [5.41, 5.74) is 1.40. The average Bonchev–Trinajstić information content (AvgIpc) is 2.43. The van der Waals surface area contributed by atoms with Gasteiger partial charge in [0.25, 0.3) is 0 Å². The van der Waals surface area contributed by atoms with Crippen molar-refractivity contribution in [2.75, 3.05) is 0 Å². The van der Waals surface area contributed by atoms with Crippen molar-refractivity contribution in [3.05, 3.63) is 72.3 Å². The Labute approximate surface area is 114 Å². The van der Waals surface area contributed by atoms with Crippen LogP contribution in [0.2, 0.25) is 0 Å². The van der Waals surface area contributed by atoms with Gasteiger partial charge in [-0.3, -0.25) is 0 Å². The second-order valence-corrected chi connectivity index (χ2v) is 6.62. The Bertz CT molecular complexity index is 672.